The molecular weight excluding hydrogens is 262 g/mol. The first-order valence-corrected chi connectivity index (χ1v) is 6.70. The third kappa shape index (κ3) is 2.84. The van der Waals surface area contributed by atoms with Gasteiger partial charge in [-0.2, -0.15) is 0 Å². The Bertz CT molecular complexity index is 762. The Morgan fingerprint density at radius 1 is 1.10 bits per heavy atom. The first-order chi connectivity index (χ1) is 10.2. The number of hydrogen-bond donors (Lipinski definition) is 1. The van der Waals surface area contributed by atoms with Gasteiger partial charge in [0.1, 0.15) is 5.69 Å². The number of rotatable bonds is 3. The van der Waals surface area contributed by atoms with E-state index in [9.17, 15) is 4.79 Å². The number of imidazole rings is 1. The van der Waals surface area contributed by atoms with Crippen LogP contribution >= 0.6 is 0 Å². The van der Waals surface area contributed by atoms with Gasteiger partial charge in [-0.05, 0) is 36.8 Å². The SMILES string of the molecule is Cc1cccc(NC(=O)c2cncn2-c2ccccc2)c1. The molecule has 104 valence electrons. The number of hydrogen-bond acceptors (Lipinski definition) is 2. The number of anilines is 1. The zero-order chi connectivity index (χ0) is 14.7. The average molecular weight is 277 g/mol. The highest BCUT2D eigenvalue weighted by Gasteiger charge is 2.13. The molecule has 4 heteroatoms. The van der Waals surface area contributed by atoms with Gasteiger partial charge in [0.05, 0.1) is 12.5 Å². The van der Waals surface area contributed by atoms with Crippen molar-refractivity contribution in [3.63, 3.8) is 0 Å². The highest BCUT2D eigenvalue weighted by molar-refractivity contribution is 6.03. The summed E-state index contributed by atoms with van der Waals surface area (Å²) in [6.45, 7) is 1.99. The second-order valence-electron chi connectivity index (χ2n) is 4.81. The van der Waals surface area contributed by atoms with Crippen LogP contribution in [0.15, 0.2) is 67.1 Å². The minimum absolute atomic E-state index is 0.179. The van der Waals surface area contributed by atoms with Crippen molar-refractivity contribution >= 4 is 11.6 Å². The van der Waals surface area contributed by atoms with Crippen molar-refractivity contribution in [2.45, 2.75) is 6.92 Å². The van der Waals surface area contributed by atoms with Gasteiger partial charge in [0.2, 0.25) is 0 Å². The predicted octanol–water partition coefficient (Wildman–Crippen LogP) is 3.43. The van der Waals surface area contributed by atoms with Crippen LogP contribution in [0.25, 0.3) is 5.69 Å². The molecule has 0 unspecified atom stereocenters. The number of carbonyl (C=O) groups excluding carboxylic acids is 1. The fourth-order valence-corrected chi connectivity index (χ4v) is 2.18. The number of aryl methyl sites for hydroxylation is 1. The zero-order valence-electron chi connectivity index (χ0n) is 11.7. The lowest BCUT2D eigenvalue weighted by Crippen LogP contribution is -2.16. The number of para-hydroxylation sites is 1. The van der Waals surface area contributed by atoms with E-state index in [-0.39, 0.29) is 5.91 Å². The summed E-state index contributed by atoms with van der Waals surface area (Å²) in [7, 11) is 0. The van der Waals surface area contributed by atoms with Crippen LogP contribution < -0.4 is 5.32 Å². The molecule has 2 aromatic carbocycles. The van der Waals surface area contributed by atoms with Crippen molar-refractivity contribution < 1.29 is 4.79 Å². The maximum absolute atomic E-state index is 12.4. The number of nitrogens with zero attached hydrogens (tertiary/aromatic N) is 2. The molecule has 3 rings (SSSR count). The fraction of sp³-hybridized carbons (Fsp3) is 0.0588. The number of aromatic nitrogens is 2. The van der Waals surface area contributed by atoms with Crippen LogP contribution in [0.4, 0.5) is 5.69 Å². The van der Waals surface area contributed by atoms with Gasteiger partial charge in [-0.15, -0.1) is 0 Å². The van der Waals surface area contributed by atoms with Gasteiger partial charge in [-0.25, -0.2) is 4.98 Å². The van der Waals surface area contributed by atoms with Gasteiger partial charge < -0.3 is 5.32 Å². The van der Waals surface area contributed by atoms with Gasteiger partial charge in [0, 0.05) is 11.4 Å². The molecule has 1 N–H and O–H groups in total. The largest absolute Gasteiger partial charge is 0.321 e. The lowest BCUT2D eigenvalue weighted by Gasteiger charge is -2.09. The van der Waals surface area contributed by atoms with Gasteiger partial charge >= 0.3 is 0 Å². The standard InChI is InChI=1S/C17H15N3O/c1-13-6-5-7-14(10-13)19-17(21)16-11-18-12-20(16)15-8-3-2-4-9-15/h2-12H,1H3,(H,19,21). The molecule has 0 aliphatic carbocycles. The monoisotopic (exact) mass is 277 g/mol. The Morgan fingerprint density at radius 3 is 2.67 bits per heavy atom. The molecule has 0 atom stereocenters. The van der Waals surface area contributed by atoms with Crippen LogP contribution in [0.5, 0.6) is 0 Å². The molecule has 0 aliphatic heterocycles. The Hall–Kier alpha value is -2.88. The van der Waals surface area contributed by atoms with Crippen LogP contribution in [0.2, 0.25) is 0 Å². The van der Waals surface area contributed by atoms with Crippen molar-refractivity contribution in [2.24, 2.45) is 0 Å². The maximum atomic E-state index is 12.4. The van der Waals surface area contributed by atoms with Gasteiger partial charge in [0.15, 0.2) is 0 Å². The predicted molar refractivity (Wildman–Crippen MR) is 82.7 cm³/mol. The normalized spacial score (nSPS) is 10.3. The summed E-state index contributed by atoms with van der Waals surface area (Å²) in [4.78, 5) is 16.5. The van der Waals surface area contributed by atoms with Crippen molar-refractivity contribution in [1.29, 1.82) is 0 Å². The van der Waals surface area contributed by atoms with E-state index in [2.05, 4.69) is 10.3 Å². The fourth-order valence-electron chi connectivity index (χ4n) is 2.18. The molecule has 4 nitrogen and oxygen atoms in total. The van der Waals surface area contributed by atoms with E-state index in [0.29, 0.717) is 5.69 Å². The molecule has 21 heavy (non-hydrogen) atoms. The van der Waals surface area contributed by atoms with E-state index in [1.165, 1.54) is 0 Å². The molecule has 0 saturated heterocycles. The first kappa shape index (κ1) is 13.1. The van der Waals surface area contributed by atoms with Crippen LogP contribution in [0.1, 0.15) is 16.1 Å². The summed E-state index contributed by atoms with van der Waals surface area (Å²) in [6.07, 6.45) is 3.21. The summed E-state index contributed by atoms with van der Waals surface area (Å²) in [5.74, 6) is -0.179. The Kier molecular flexibility index (Phi) is 3.51. The molecule has 0 fully saturated rings. The molecule has 0 radical (unpaired) electrons. The van der Waals surface area contributed by atoms with Crippen molar-refractivity contribution in [1.82, 2.24) is 9.55 Å². The van der Waals surface area contributed by atoms with E-state index >= 15 is 0 Å². The molecule has 0 bridgehead atoms. The second kappa shape index (κ2) is 5.63. The van der Waals surface area contributed by atoms with E-state index in [0.717, 1.165) is 16.9 Å². The smallest absolute Gasteiger partial charge is 0.274 e. The van der Waals surface area contributed by atoms with Crippen molar-refractivity contribution in [2.75, 3.05) is 5.32 Å². The van der Waals surface area contributed by atoms with Crippen LogP contribution in [0, 0.1) is 6.92 Å². The summed E-state index contributed by atoms with van der Waals surface area (Å²) in [6, 6.07) is 17.4. The third-order valence-electron chi connectivity index (χ3n) is 3.18. The minimum atomic E-state index is -0.179. The topological polar surface area (TPSA) is 46.9 Å². The number of benzene rings is 2. The van der Waals surface area contributed by atoms with Crippen LogP contribution in [0.3, 0.4) is 0 Å². The quantitative estimate of drug-likeness (QED) is 0.797. The second-order valence-corrected chi connectivity index (χ2v) is 4.81. The third-order valence-corrected chi connectivity index (χ3v) is 3.18. The first-order valence-electron chi connectivity index (χ1n) is 6.70. The highest BCUT2D eigenvalue weighted by atomic mass is 16.2. The van der Waals surface area contributed by atoms with Gasteiger partial charge in [-0.3, -0.25) is 9.36 Å². The molecule has 1 aromatic heterocycles. The minimum Gasteiger partial charge on any atom is -0.321 e. The summed E-state index contributed by atoms with van der Waals surface area (Å²) in [5.41, 5.74) is 3.29. The van der Waals surface area contributed by atoms with Gasteiger partial charge in [0.25, 0.3) is 5.91 Å². The average Bonchev–Trinajstić information content (AvgIpc) is 2.98. The molecule has 0 spiro atoms. The molecule has 3 aromatic rings. The number of amides is 1. The Labute approximate surface area is 123 Å². The Morgan fingerprint density at radius 2 is 1.90 bits per heavy atom. The number of carbonyl (C=O) groups is 1. The molecule has 1 amide bonds. The molecular formula is C17H15N3O. The molecule has 1 heterocycles. The summed E-state index contributed by atoms with van der Waals surface area (Å²) in [5, 5.41) is 2.90. The van der Waals surface area contributed by atoms with E-state index in [1.807, 2.05) is 61.5 Å². The van der Waals surface area contributed by atoms with Crippen molar-refractivity contribution in [3.05, 3.63) is 78.4 Å². The zero-order valence-corrected chi connectivity index (χ0v) is 11.7. The van der Waals surface area contributed by atoms with E-state index in [4.69, 9.17) is 0 Å². The van der Waals surface area contributed by atoms with Crippen molar-refractivity contribution in [3.8, 4) is 5.69 Å². The van der Waals surface area contributed by atoms with Crippen LogP contribution in [-0.4, -0.2) is 15.5 Å². The van der Waals surface area contributed by atoms with E-state index in [1.54, 1.807) is 17.1 Å². The lowest BCUT2D eigenvalue weighted by molar-refractivity contribution is 0.102. The van der Waals surface area contributed by atoms with Crippen LogP contribution in [-0.2, 0) is 0 Å². The molecule has 0 aliphatic rings. The summed E-state index contributed by atoms with van der Waals surface area (Å²) >= 11 is 0. The summed E-state index contributed by atoms with van der Waals surface area (Å²) < 4.78 is 1.77. The number of nitrogens with one attached hydrogen (secondary N) is 1. The molecule has 0 saturated carbocycles. The lowest BCUT2D eigenvalue weighted by atomic mass is 10.2. The van der Waals surface area contributed by atoms with Gasteiger partial charge in [-0.1, -0.05) is 30.3 Å². The Balaban J connectivity index is 1.88. The van der Waals surface area contributed by atoms with E-state index < -0.39 is 0 Å². The maximum Gasteiger partial charge on any atom is 0.274 e. The highest BCUT2D eigenvalue weighted by Crippen LogP contribution is 2.14.